The molecule has 1 saturated heterocycles. The average molecular weight is 307 g/mol. The molecule has 21 heavy (non-hydrogen) atoms. The van der Waals surface area contributed by atoms with Crippen molar-refractivity contribution < 1.29 is 14.2 Å². The van der Waals surface area contributed by atoms with Gasteiger partial charge in [0.15, 0.2) is 0 Å². The number of benzene rings is 1. The van der Waals surface area contributed by atoms with Crippen molar-refractivity contribution in [1.82, 2.24) is 0 Å². The van der Waals surface area contributed by atoms with Crippen molar-refractivity contribution in [3.63, 3.8) is 0 Å². The Labute approximate surface area is 130 Å². The maximum atomic E-state index is 6.14. The largest absolute Gasteiger partial charge is 0.497 e. The van der Waals surface area contributed by atoms with Crippen LogP contribution >= 0.6 is 12.2 Å². The molecule has 1 aliphatic carbocycles. The Kier molecular flexibility index (Phi) is 4.04. The molecule has 1 atom stereocenters. The number of hydrogen-bond acceptors (Lipinski definition) is 4. The molecule has 1 aromatic rings. The Morgan fingerprint density at radius 3 is 2.71 bits per heavy atom. The summed E-state index contributed by atoms with van der Waals surface area (Å²) in [5.74, 6) is 1.47. The van der Waals surface area contributed by atoms with Gasteiger partial charge in [-0.2, -0.15) is 0 Å². The maximum absolute atomic E-state index is 6.14. The first kappa shape index (κ1) is 14.6. The topological polar surface area (TPSA) is 53.7 Å². The van der Waals surface area contributed by atoms with E-state index in [1.807, 2.05) is 18.2 Å². The second kappa shape index (κ2) is 5.81. The molecule has 0 radical (unpaired) electrons. The summed E-state index contributed by atoms with van der Waals surface area (Å²) in [6.07, 6.45) is 5.64. The Balaban J connectivity index is 1.74. The highest BCUT2D eigenvalue weighted by atomic mass is 32.1. The zero-order chi connectivity index (χ0) is 14.9. The maximum Gasteiger partial charge on any atom is 0.124 e. The van der Waals surface area contributed by atoms with Crippen LogP contribution in [0.4, 0.5) is 0 Å². The fourth-order valence-electron chi connectivity index (χ4n) is 3.10. The summed E-state index contributed by atoms with van der Waals surface area (Å²) < 4.78 is 17.4. The van der Waals surface area contributed by atoms with Crippen LogP contribution in [0, 0.1) is 0 Å². The van der Waals surface area contributed by atoms with E-state index in [4.69, 9.17) is 32.2 Å². The van der Waals surface area contributed by atoms with E-state index in [1.165, 1.54) is 6.42 Å². The van der Waals surface area contributed by atoms with Gasteiger partial charge in [0.05, 0.1) is 19.3 Å². The summed E-state index contributed by atoms with van der Waals surface area (Å²) in [6.45, 7) is 0.775. The van der Waals surface area contributed by atoms with E-state index >= 15 is 0 Å². The number of methoxy groups -OCH3 is 1. The van der Waals surface area contributed by atoms with Crippen LogP contribution in [0.5, 0.6) is 11.5 Å². The van der Waals surface area contributed by atoms with Crippen molar-refractivity contribution in [3.8, 4) is 11.5 Å². The normalized spacial score (nSPS) is 23.4. The number of hydrogen-bond donors (Lipinski definition) is 1. The van der Waals surface area contributed by atoms with Crippen LogP contribution in [0.2, 0.25) is 0 Å². The molecule has 0 aromatic heterocycles. The second-order valence-electron chi connectivity index (χ2n) is 5.88. The van der Waals surface area contributed by atoms with Crippen molar-refractivity contribution in [2.45, 2.75) is 43.8 Å². The van der Waals surface area contributed by atoms with E-state index in [-0.39, 0.29) is 11.7 Å². The molecule has 1 heterocycles. The molecule has 3 rings (SSSR count). The van der Waals surface area contributed by atoms with Crippen molar-refractivity contribution in [3.05, 3.63) is 23.8 Å². The van der Waals surface area contributed by atoms with Crippen LogP contribution in [-0.2, 0) is 4.74 Å². The molecule has 0 bridgehead atoms. The zero-order valence-electron chi connectivity index (χ0n) is 12.3. The van der Waals surface area contributed by atoms with Crippen molar-refractivity contribution in [1.29, 1.82) is 0 Å². The third-order valence-corrected chi connectivity index (χ3v) is 4.65. The molecule has 2 fully saturated rings. The lowest BCUT2D eigenvalue weighted by atomic mass is 9.74. The summed E-state index contributed by atoms with van der Waals surface area (Å²) in [7, 11) is 1.63. The lowest BCUT2D eigenvalue weighted by Gasteiger charge is -2.46. The van der Waals surface area contributed by atoms with Gasteiger partial charge in [0.25, 0.3) is 0 Å². The summed E-state index contributed by atoms with van der Waals surface area (Å²) in [5, 5.41) is 0. The molecule has 114 valence electrons. The molecule has 1 spiro atoms. The van der Waals surface area contributed by atoms with Crippen LogP contribution in [-0.4, -0.2) is 30.4 Å². The van der Waals surface area contributed by atoms with Crippen LogP contribution in [0.1, 0.15) is 37.7 Å². The van der Waals surface area contributed by atoms with Gasteiger partial charge in [0, 0.05) is 24.5 Å². The molecular formula is C16H21NO3S. The van der Waals surface area contributed by atoms with E-state index < -0.39 is 0 Å². The number of nitrogens with two attached hydrogens (primary N) is 1. The van der Waals surface area contributed by atoms with Gasteiger partial charge in [0.2, 0.25) is 0 Å². The van der Waals surface area contributed by atoms with Gasteiger partial charge >= 0.3 is 0 Å². The minimum absolute atomic E-state index is 0.0772. The van der Waals surface area contributed by atoms with Gasteiger partial charge < -0.3 is 19.9 Å². The highest BCUT2D eigenvalue weighted by Crippen LogP contribution is 2.43. The average Bonchev–Trinajstić information content (AvgIpc) is 2.45. The molecule has 1 saturated carbocycles. The van der Waals surface area contributed by atoms with Crippen molar-refractivity contribution in [2.24, 2.45) is 5.73 Å². The SMILES string of the molecule is COc1cc(OC2CCOC3(CCC3)C2)cc(C(N)=S)c1. The number of rotatable bonds is 4. The Morgan fingerprint density at radius 1 is 1.33 bits per heavy atom. The fraction of sp³-hybridized carbons (Fsp3) is 0.562. The molecule has 2 N–H and O–H groups in total. The number of thiocarbonyl (C=S) groups is 1. The third-order valence-electron chi connectivity index (χ3n) is 4.42. The molecule has 2 aliphatic rings. The minimum Gasteiger partial charge on any atom is -0.497 e. The predicted octanol–water partition coefficient (Wildman–Crippen LogP) is 2.81. The summed E-state index contributed by atoms with van der Waals surface area (Å²) >= 11 is 5.04. The van der Waals surface area contributed by atoms with Gasteiger partial charge in [-0.25, -0.2) is 0 Å². The molecule has 5 heteroatoms. The predicted molar refractivity (Wildman–Crippen MR) is 85.1 cm³/mol. The third kappa shape index (κ3) is 3.14. The van der Waals surface area contributed by atoms with Crippen molar-refractivity contribution >= 4 is 17.2 Å². The van der Waals surface area contributed by atoms with E-state index in [0.717, 1.165) is 43.6 Å². The lowest BCUT2D eigenvalue weighted by Crippen LogP contribution is -2.48. The van der Waals surface area contributed by atoms with Gasteiger partial charge in [0.1, 0.15) is 22.6 Å². The monoisotopic (exact) mass is 307 g/mol. The first-order chi connectivity index (χ1) is 10.1. The smallest absolute Gasteiger partial charge is 0.124 e. The molecule has 1 aliphatic heterocycles. The molecule has 0 amide bonds. The van der Waals surface area contributed by atoms with Gasteiger partial charge in [-0.1, -0.05) is 12.2 Å². The van der Waals surface area contributed by atoms with Gasteiger partial charge in [-0.05, 0) is 31.4 Å². The minimum atomic E-state index is 0.0772. The van der Waals surface area contributed by atoms with Crippen LogP contribution in [0.25, 0.3) is 0 Å². The van der Waals surface area contributed by atoms with Gasteiger partial charge in [-0.15, -0.1) is 0 Å². The van der Waals surface area contributed by atoms with E-state index in [1.54, 1.807) is 7.11 Å². The molecule has 1 unspecified atom stereocenters. The summed E-state index contributed by atoms with van der Waals surface area (Å²) in [4.78, 5) is 0.348. The Morgan fingerprint density at radius 2 is 2.10 bits per heavy atom. The van der Waals surface area contributed by atoms with Crippen LogP contribution < -0.4 is 15.2 Å². The quantitative estimate of drug-likeness (QED) is 0.867. The van der Waals surface area contributed by atoms with E-state index in [9.17, 15) is 0 Å². The fourth-order valence-corrected chi connectivity index (χ4v) is 3.21. The molecule has 4 nitrogen and oxygen atoms in total. The van der Waals surface area contributed by atoms with Gasteiger partial charge in [-0.3, -0.25) is 0 Å². The van der Waals surface area contributed by atoms with Crippen LogP contribution in [0.15, 0.2) is 18.2 Å². The van der Waals surface area contributed by atoms with Crippen molar-refractivity contribution in [2.75, 3.05) is 13.7 Å². The standard InChI is InChI=1S/C16H21NO3S/c1-18-13-7-11(15(17)21)8-14(9-13)20-12-3-6-19-16(10-12)4-2-5-16/h7-9,12H,2-6,10H2,1H3,(H2,17,21). The summed E-state index contributed by atoms with van der Waals surface area (Å²) in [5.41, 5.74) is 6.56. The summed E-state index contributed by atoms with van der Waals surface area (Å²) in [6, 6.07) is 5.59. The van der Waals surface area contributed by atoms with Crippen LogP contribution in [0.3, 0.4) is 0 Å². The Hall–Kier alpha value is -1.33. The second-order valence-corrected chi connectivity index (χ2v) is 6.32. The first-order valence-corrected chi connectivity index (χ1v) is 7.81. The zero-order valence-corrected chi connectivity index (χ0v) is 13.1. The molecule has 1 aromatic carbocycles. The van der Waals surface area contributed by atoms with E-state index in [2.05, 4.69) is 0 Å². The Bertz CT molecular complexity index is 542. The molecular weight excluding hydrogens is 286 g/mol. The first-order valence-electron chi connectivity index (χ1n) is 7.40. The van der Waals surface area contributed by atoms with E-state index in [0.29, 0.717) is 10.7 Å². The highest BCUT2D eigenvalue weighted by Gasteiger charge is 2.43. The highest BCUT2D eigenvalue weighted by molar-refractivity contribution is 7.80. The lowest BCUT2D eigenvalue weighted by molar-refractivity contribution is -0.153. The number of ether oxygens (including phenoxy) is 3.